The van der Waals surface area contributed by atoms with Gasteiger partial charge < -0.3 is 9.47 Å². The van der Waals surface area contributed by atoms with Crippen LogP contribution in [0.3, 0.4) is 0 Å². The Hall–Kier alpha value is -1.71. The number of carbonyl (C=O) groups is 2. The van der Waals surface area contributed by atoms with Crippen molar-refractivity contribution >= 4 is 22.1 Å². The molecule has 0 amide bonds. The molecule has 1 unspecified atom stereocenters. The molecule has 0 bridgehead atoms. The van der Waals surface area contributed by atoms with E-state index in [9.17, 15) is 22.6 Å². The van der Waals surface area contributed by atoms with E-state index in [0.717, 1.165) is 0 Å². The molecule has 25 heavy (non-hydrogen) atoms. The molecule has 0 aliphatic carbocycles. The summed E-state index contributed by atoms with van der Waals surface area (Å²) in [6, 6.07) is 15.6. The zero-order valence-electron chi connectivity index (χ0n) is 13.4. The first kappa shape index (κ1) is 21.3. The Morgan fingerprint density at radius 3 is 1.76 bits per heavy atom. The van der Waals surface area contributed by atoms with E-state index in [2.05, 4.69) is 0 Å². The molecule has 0 saturated heterocycles. The van der Waals surface area contributed by atoms with E-state index >= 15 is 0 Å². The number of carbonyl (C=O) groups excluding carboxylic acids is 2. The summed E-state index contributed by atoms with van der Waals surface area (Å²) in [6.45, 7) is 0. The largest absolute Gasteiger partial charge is 1.00 e. The Kier molecular flexibility index (Phi) is 8.27. The summed E-state index contributed by atoms with van der Waals surface area (Å²) in [6.07, 6.45) is -0.876. The van der Waals surface area contributed by atoms with Crippen LogP contribution >= 0.6 is 0 Å². The first-order valence-corrected chi connectivity index (χ1v) is 8.35. The van der Waals surface area contributed by atoms with Crippen LogP contribution in [0.25, 0.3) is 0 Å². The minimum atomic E-state index is -4.85. The van der Waals surface area contributed by atoms with E-state index in [1.807, 2.05) is 0 Å². The monoisotopic (exact) mass is 373 g/mol. The molecule has 1 N–H and O–H groups in total. The molecule has 0 fully saturated rings. The van der Waals surface area contributed by atoms with Gasteiger partial charge in [0.05, 0.1) is 6.42 Å². The third-order valence-electron chi connectivity index (χ3n) is 2.91. The van der Waals surface area contributed by atoms with Crippen molar-refractivity contribution in [2.75, 3.05) is 0 Å². The smallest absolute Gasteiger partial charge is 0.426 e. The van der Waals surface area contributed by atoms with Gasteiger partial charge >= 0.3 is 41.5 Å². The topological polar surface area (TPSA) is 107 Å². The molecule has 7 nitrogen and oxygen atoms in total. The van der Waals surface area contributed by atoms with Gasteiger partial charge in [-0.2, -0.15) is 8.42 Å². The summed E-state index contributed by atoms with van der Waals surface area (Å²) in [5.74, 6) is -1.98. The van der Waals surface area contributed by atoms with Crippen molar-refractivity contribution < 1.29 is 61.6 Å². The van der Waals surface area contributed by atoms with Crippen LogP contribution in [0.2, 0.25) is 0 Å². The summed E-state index contributed by atoms with van der Waals surface area (Å²) in [7, 11) is -4.85. The van der Waals surface area contributed by atoms with Crippen LogP contribution < -0.4 is 39.0 Å². The van der Waals surface area contributed by atoms with E-state index in [0.29, 0.717) is 0 Å². The zero-order chi connectivity index (χ0) is 17.6. The van der Waals surface area contributed by atoms with Crippen molar-refractivity contribution in [1.82, 2.24) is 0 Å². The zero-order valence-corrected chi connectivity index (χ0v) is 16.2. The molecular weight excluding hydrogens is 359 g/mol. The molecular formula is C16H14NaO7S+. The molecule has 126 valence electrons. The Morgan fingerprint density at radius 2 is 1.32 bits per heavy atom. The maximum absolute atomic E-state index is 12.0. The Bertz CT molecular complexity index is 807. The molecule has 9 heteroatoms. The molecule has 0 saturated carbocycles. The minimum Gasteiger partial charge on any atom is -0.426 e. The second-order valence-corrected chi connectivity index (χ2v) is 6.33. The maximum Gasteiger partial charge on any atom is 1.00 e. The number of esters is 2. The number of hydrogen-bond acceptors (Lipinski definition) is 6. The van der Waals surface area contributed by atoms with Crippen LogP contribution in [-0.2, 0) is 19.7 Å². The van der Waals surface area contributed by atoms with E-state index in [1.165, 1.54) is 24.3 Å². The van der Waals surface area contributed by atoms with Crippen LogP contribution in [0.15, 0.2) is 60.7 Å². The van der Waals surface area contributed by atoms with Gasteiger partial charge in [0.2, 0.25) is 0 Å². The normalized spacial score (nSPS) is 11.7. The number of para-hydroxylation sites is 2. The van der Waals surface area contributed by atoms with Gasteiger partial charge in [-0.25, -0.2) is 0 Å². The van der Waals surface area contributed by atoms with Crippen LogP contribution in [0.5, 0.6) is 11.5 Å². The predicted octanol–water partition coefficient (Wildman–Crippen LogP) is -1.15. The van der Waals surface area contributed by atoms with E-state index < -0.39 is 33.7 Å². The van der Waals surface area contributed by atoms with E-state index in [-0.39, 0.29) is 41.1 Å². The molecule has 0 aliphatic heterocycles. The summed E-state index contributed by atoms with van der Waals surface area (Å²) in [5.41, 5.74) is 0. The molecule has 0 radical (unpaired) electrons. The molecule has 1 atom stereocenters. The summed E-state index contributed by atoms with van der Waals surface area (Å²) in [5, 5.41) is -2.08. The fourth-order valence-electron chi connectivity index (χ4n) is 1.79. The van der Waals surface area contributed by atoms with E-state index in [4.69, 9.17) is 9.47 Å². The molecule has 2 aromatic rings. The van der Waals surface area contributed by atoms with E-state index in [1.54, 1.807) is 36.4 Å². The predicted molar refractivity (Wildman–Crippen MR) is 84.1 cm³/mol. The van der Waals surface area contributed by atoms with Crippen molar-refractivity contribution in [3.8, 4) is 11.5 Å². The van der Waals surface area contributed by atoms with Crippen molar-refractivity contribution in [3.05, 3.63) is 60.7 Å². The molecule has 2 aromatic carbocycles. The van der Waals surface area contributed by atoms with Crippen LogP contribution in [0.1, 0.15) is 6.42 Å². The van der Waals surface area contributed by atoms with Gasteiger partial charge in [-0.3, -0.25) is 14.1 Å². The van der Waals surface area contributed by atoms with Crippen molar-refractivity contribution in [3.63, 3.8) is 0 Å². The Morgan fingerprint density at radius 1 is 0.880 bits per heavy atom. The molecule has 0 aliphatic rings. The number of rotatable bonds is 6. The van der Waals surface area contributed by atoms with Gasteiger partial charge in [-0.15, -0.1) is 0 Å². The summed E-state index contributed by atoms with van der Waals surface area (Å²) < 4.78 is 41.8. The minimum absolute atomic E-state index is 0. The average molecular weight is 373 g/mol. The fraction of sp³-hybridized carbons (Fsp3) is 0.125. The van der Waals surface area contributed by atoms with Crippen molar-refractivity contribution in [2.45, 2.75) is 11.7 Å². The van der Waals surface area contributed by atoms with Crippen LogP contribution in [0.4, 0.5) is 0 Å². The number of benzene rings is 2. The quantitative estimate of drug-likeness (QED) is 0.295. The molecule has 0 heterocycles. The first-order chi connectivity index (χ1) is 11.4. The second-order valence-electron chi connectivity index (χ2n) is 4.73. The summed E-state index contributed by atoms with van der Waals surface area (Å²) in [4.78, 5) is 23.8. The van der Waals surface area contributed by atoms with Gasteiger partial charge in [-0.05, 0) is 24.3 Å². The van der Waals surface area contributed by atoms with Gasteiger partial charge in [0.1, 0.15) is 11.5 Å². The number of hydrogen-bond donors (Lipinski definition) is 1. The fourth-order valence-corrected chi connectivity index (χ4v) is 2.43. The molecule has 0 spiro atoms. The Labute approximate surface area is 167 Å². The first-order valence-electron chi connectivity index (χ1n) is 6.85. The molecule has 0 aromatic heterocycles. The standard InChI is InChI=1S/C16H14O7S.Na/c17-15(22-12-7-3-1-4-8-12)11-14(24(19,20)21)16(18)23-13-9-5-2-6-10-13;/h1-10,14H,11H2,(H,19,20,21);/q;+1. The second kappa shape index (κ2) is 9.69. The Balaban J connectivity index is 0.00000312. The maximum atomic E-state index is 12.0. The number of ether oxygens (including phenoxy) is 2. The molecule has 2 rings (SSSR count). The third kappa shape index (κ3) is 6.97. The van der Waals surface area contributed by atoms with Gasteiger partial charge in [0, 0.05) is 0 Å². The van der Waals surface area contributed by atoms with Crippen LogP contribution in [-0.4, -0.2) is 30.2 Å². The summed E-state index contributed by atoms with van der Waals surface area (Å²) >= 11 is 0. The van der Waals surface area contributed by atoms with Gasteiger partial charge in [0.25, 0.3) is 10.1 Å². The van der Waals surface area contributed by atoms with Crippen molar-refractivity contribution in [1.29, 1.82) is 0 Å². The van der Waals surface area contributed by atoms with Crippen LogP contribution in [0, 0.1) is 0 Å². The third-order valence-corrected chi connectivity index (χ3v) is 3.99. The van der Waals surface area contributed by atoms with Gasteiger partial charge in [-0.1, -0.05) is 36.4 Å². The van der Waals surface area contributed by atoms with Crippen molar-refractivity contribution in [2.24, 2.45) is 0 Å². The van der Waals surface area contributed by atoms with Gasteiger partial charge in [0.15, 0.2) is 5.25 Å². The SMILES string of the molecule is O=C(CC(C(=O)Oc1ccccc1)S(=O)(=O)O)Oc1ccccc1.[Na+]. The average Bonchev–Trinajstić information content (AvgIpc) is 2.53.